The number of aliphatic hydroxyl groups is 1. The van der Waals surface area contributed by atoms with E-state index in [9.17, 15) is 43.2 Å². The molecular weight excluding hydrogens is 1430 g/mol. The maximum atomic E-state index is 13.2. The van der Waals surface area contributed by atoms with Crippen LogP contribution in [0.5, 0.6) is 0 Å². The molecule has 0 aliphatic carbocycles. The minimum absolute atomic E-state index is 0.108. The summed E-state index contributed by atoms with van der Waals surface area (Å²) < 4.78 is 69.1. The van der Waals surface area contributed by atoms with Gasteiger partial charge in [-0.05, 0) is 31.6 Å². The molecule has 0 aromatic rings. The van der Waals surface area contributed by atoms with Crippen molar-refractivity contribution < 1.29 is 80.2 Å². The number of phosphoric acid groups is 2. The molecule has 0 amide bonds. The third kappa shape index (κ3) is 84.0. The van der Waals surface area contributed by atoms with Gasteiger partial charge >= 0.3 is 39.5 Å². The van der Waals surface area contributed by atoms with E-state index in [1.54, 1.807) is 0 Å². The van der Waals surface area contributed by atoms with Gasteiger partial charge in [-0.1, -0.05) is 446 Å². The number of hydrogen-bond acceptors (Lipinski definition) is 15. The van der Waals surface area contributed by atoms with E-state index in [-0.39, 0.29) is 25.7 Å². The zero-order valence-electron chi connectivity index (χ0n) is 72.4. The lowest BCUT2D eigenvalue weighted by Crippen LogP contribution is -2.30. The Bertz CT molecular complexity index is 2080. The summed E-state index contributed by atoms with van der Waals surface area (Å²) in [5, 5.41) is 10.7. The first-order valence-electron chi connectivity index (χ1n) is 47.1. The van der Waals surface area contributed by atoms with E-state index in [4.69, 9.17) is 37.0 Å². The molecule has 0 bridgehead atoms. The summed E-state index contributed by atoms with van der Waals surface area (Å²) in [6, 6.07) is 0. The Kier molecular flexibility index (Phi) is 82.1. The lowest BCUT2D eigenvalue weighted by Gasteiger charge is -2.21. The number of hydrogen-bond donors (Lipinski definition) is 3. The Morgan fingerprint density at radius 1 is 0.245 bits per heavy atom. The van der Waals surface area contributed by atoms with Crippen LogP contribution in [-0.4, -0.2) is 96.7 Å². The highest BCUT2D eigenvalue weighted by Gasteiger charge is 2.31. The minimum Gasteiger partial charge on any atom is -0.462 e. The number of carbonyl (C=O) groups is 4. The first-order chi connectivity index (χ1) is 53.5. The van der Waals surface area contributed by atoms with E-state index in [0.29, 0.717) is 25.7 Å². The van der Waals surface area contributed by atoms with Gasteiger partial charge < -0.3 is 33.8 Å². The molecule has 0 heterocycles. The lowest BCUT2D eigenvalue weighted by molar-refractivity contribution is -0.161. The lowest BCUT2D eigenvalue weighted by atomic mass is 10.0. The van der Waals surface area contributed by atoms with Gasteiger partial charge in [-0.25, -0.2) is 9.13 Å². The van der Waals surface area contributed by atoms with E-state index in [1.807, 2.05) is 0 Å². The minimum atomic E-state index is -4.97. The van der Waals surface area contributed by atoms with Crippen LogP contribution in [-0.2, 0) is 65.4 Å². The standard InChI is InChI=1S/C91H178O17P2/c1-6-9-12-15-18-21-24-27-29-31-33-35-36-38-40-42-45-51-56-61-66-71-76-90(95)107-86(81-102-89(94)75-70-65-60-55-50-44-41-39-37-34-32-30-28-25-22-19-16-13-10-7-2)82-105-109(97,98)103-78-85(92)79-104-110(99,100)106-83-87(80-101-88(93)74-69-64-59-54-49-43-26-23-20-17-14-11-8-3)108-91(96)77-72-67-62-57-52-47-46-48-53-58-63-68-73-84(4)5/h84-87,92H,6-83H2,1-5H3,(H,97,98)(H,99,100)/t85-,86-,87-/m1/s1. The van der Waals surface area contributed by atoms with Crippen molar-refractivity contribution >= 4 is 39.5 Å². The van der Waals surface area contributed by atoms with Gasteiger partial charge in [-0.2, -0.15) is 0 Å². The number of unbranched alkanes of at least 4 members (excludes halogenated alkanes) is 63. The summed E-state index contributed by atoms with van der Waals surface area (Å²) in [6.07, 6.45) is 79.3. The molecule has 110 heavy (non-hydrogen) atoms. The maximum absolute atomic E-state index is 13.2. The summed E-state index contributed by atoms with van der Waals surface area (Å²) >= 11 is 0. The quantitative estimate of drug-likeness (QED) is 0.0222. The molecule has 0 fully saturated rings. The van der Waals surface area contributed by atoms with Crippen LogP contribution in [0.2, 0.25) is 0 Å². The van der Waals surface area contributed by atoms with Gasteiger partial charge in [0.2, 0.25) is 0 Å². The summed E-state index contributed by atoms with van der Waals surface area (Å²) in [5.74, 6) is -1.32. The molecule has 0 rings (SSSR count). The highest BCUT2D eigenvalue weighted by molar-refractivity contribution is 7.47. The second-order valence-corrected chi connectivity index (χ2v) is 36.1. The van der Waals surface area contributed by atoms with E-state index in [2.05, 4.69) is 34.6 Å². The number of aliphatic hydroxyl groups excluding tert-OH is 1. The first-order valence-corrected chi connectivity index (χ1v) is 50.1. The highest BCUT2D eigenvalue weighted by Crippen LogP contribution is 2.45. The Morgan fingerprint density at radius 3 is 0.618 bits per heavy atom. The SMILES string of the molecule is CCCCCCCCCCCCCCCCCCCCCCCCC(=O)O[C@H](COC(=O)CCCCCCCCCCCCCCCCCCCCCC)COP(=O)(O)OC[C@@H](O)COP(=O)(O)OC[C@@H](COC(=O)CCCCCCCCCCCCCCC)OC(=O)CCCCCCCCCCCCCCC(C)C. The zero-order chi connectivity index (χ0) is 80.4. The van der Waals surface area contributed by atoms with Crippen LogP contribution in [0.1, 0.15) is 497 Å². The van der Waals surface area contributed by atoms with Gasteiger partial charge in [0.15, 0.2) is 12.2 Å². The molecule has 3 N–H and O–H groups in total. The second kappa shape index (κ2) is 83.5. The number of carbonyl (C=O) groups excluding carboxylic acids is 4. The maximum Gasteiger partial charge on any atom is 0.472 e. The van der Waals surface area contributed by atoms with Crippen molar-refractivity contribution in [1.82, 2.24) is 0 Å². The fraction of sp³-hybridized carbons (Fsp3) is 0.956. The molecule has 0 saturated carbocycles. The van der Waals surface area contributed by atoms with Crippen molar-refractivity contribution in [3.8, 4) is 0 Å². The average molecular weight is 1610 g/mol. The fourth-order valence-corrected chi connectivity index (χ4v) is 15.9. The third-order valence-electron chi connectivity index (χ3n) is 21.5. The molecule has 2 unspecified atom stereocenters. The van der Waals surface area contributed by atoms with E-state index in [1.165, 1.54) is 321 Å². The van der Waals surface area contributed by atoms with Crippen LogP contribution in [0.15, 0.2) is 0 Å². The highest BCUT2D eigenvalue weighted by atomic mass is 31.2. The Labute approximate surface area is 677 Å². The van der Waals surface area contributed by atoms with Crippen molar-refractivity contribution in [1.29, 1.82) is 0 Å². The summed E-state index contributed by atoms with van der Waals surface area (Å²) in [6.45, 7) is 7.40. The summed E-state index contributed by atoms with van der Waals surface area (Å²) in [7, 11) is -9.93. The molecule has 5 atom stereocenters. The normalized spacial score (nSPS) is 13.7. The molecule has 0 spiro atoms. The van der Waals surface area contributed by atoms with Gasteiger partial charge in [-0.3, -0.25) is 37.3 Å². The Balaban J connectivity index is 5.24. The van der Waals surface area contributed by atoms with Crippen molar-refractivity contribution in [2.75, 3.05) is 39.6 Å². The smallest absolute Gasteiger partial charge is 0.462 e. The van der Waals surface area contributed by atoms with Crippen LogP contribution in [0.4, 0.5) is 0 Å². The van der Waals surface area contributed by atoms with Crippen molar-refractivity contribution in [3.63, 3.8) is 0 Å². The van der Waals surface area contributed by atoms with E-state index < -0.39 is 97.5 Å². The molecule has 0 aromatic carbocycles. The van der Waals surface area contributed by atoms with Gasteiger partial charge in [0, 0.05) is 25.7 Å². The molecule has 0 aliphatic rings. The van der Waals surface area contributed by atoms with Crippen LogP contribution in [0.25, 0.3) is 0 Å². The Hall–Kier alpha value is -1.94. The first kappa shape index (κ1) is 108. The van der Waals surface area contributed by atoms with E-state index >= 15 is 0 Å². The summed E-state index contributed by atoms with van der Waals surface area (Å²) in [5.41, 5.74) is 0. The summed E-state index contributed by atoms with van der Waals surface area (Å²) in [4.78, 5) is 73.4. The number of rotatable bonds is 91. The Morgan fingerprint density at radius 2 is 0.418 bits per heavy atom. The van der Waals surface area contributed by atoms with Crippen molar-refractivity contribution in [3.05, 3.63) is 0 Å². The molecule has 0 aromatic heterocycles. The second-order valence-electron chi connectivity index (χ2n) is 33.2. The average Bonchev–Trinajstić information content (AvgIpc) is 0.898. The van der Waals surface area contributed by atoms with Crippen molar-refractivity contribution in [2.45, 2.75) is 515 Å². The van der Waals surface area contributed by atoms with Gasteiger partial charge in [-0.15, -0.1) is 0 Å². The van der Waals surface area contributed by atoms with Crippen molar-refractivity contribution in [2.24, 2.45) is 5.92 Å². The van der Waals surface area contributed by atoms with Gasteiger partial charge in [0.1, 0.15) is 19.3 Å². The molecule has 654 valence electrons. The monoisotopic (exact) mass is 1610 g/mol. The largest absolute Gasteiger partial charge is 0.472 e. The van der Waals surface area contributed by atoms with E-state index in [0.717, 1.165) is 95.8 Å². The molecule has 0 saturated heterocycles. The zero-order valence-corrected chi connectivity index (χ0v) is 74.2. The van der Waals surface area contributed by atoms with Crippen LogP contribution < -0.4 is 0 Å². The molecule has 17 nitrogen and oxygen atoms in total. The molecule has 19 heteroatoms. The number of phosphoric ester groups is 2. The van der Waals surface area contributed by atoms with Gasteiger partial charge in [0.05, 0.1) is 26.4 Å². The fourth-order valence-electron chi connectivity index (χ4n) is 14.4. The molecular formula is C91H178O17P2. The van der Waals surface area contributed by atoms with Crippen LogP contribution in [0.3, 0.4) is 0 Å². The number of esters is 4. The topological polar surface area (TPSA) is 237 Å². The van der Waals surface area contributed by atoms with Crippen LogP contribution >= 0.6 is 15.6 Å². The third-order valence-corrected chi connectivity index (χ3v) is 23.4. The van der Waals surface area contributed by atoms with Gasteiger partial charge in [0.25, 0.3) is 0 Å². The molecule has 0 radical (unpaired) electrons. The van der Waals surface area contributed by atoms with Crippen LogP contribution in [0, 0.1) is 5.92 Å². The predicted octanol–water partition coefficient (Wildman–Crippen LogP) is 28.3. The molecule has 0 aliphatic heterocycles. The predicted molar refractivity (Wildman–Crippen MR) is 455 cm³/mol. The number of ether oxygens (including phenoxy) is 4.